The van der Waals surface area contributed by atoms with Gasteiger partial charge in [0, 0.05) is 5.56 Å². The largest absolute Gasteiger partial charge is 0.508 e. The number of methoxy groups -OCH3 is 1. The maximum Gasteiger partial charge on any atom is 0.165 e. The lowest BCUT2D eigenvalue weighted by molar-refractivity contribution is 0.300. The van der Waals surface area contributed by atoms with E-state index in [2.05, 4.69) is 0 Å². The summed E-state index contributed by atoms with van der Waals surface area (Å²) < 4.78 is 23.9. The lowest BCUT2D eigenvalue weighted by atomic mass is 10.2. The van der Waals surface area contributed by atoms with Gasteiger partial charge < -0.3 is 14.6 Å². The highest BCUT2D eigenvalue weighted by atomic mass is 19.1. The number of halogens is 1. The molecule has 0 aliphatic rings. The first kappa shape index (κ1) is 13.2. The normalized spacial score (nSPS) is 10.3. The van der Waals surface area contributed by atoms with Crippen LogP contribution in [0.1, 0.15) is 11.1 Å². The predicted molar refractivity (Wildman–Crippen MR) is 70.1 cm³/mol. The zero-order valence-corrected chi connectivity index (χ0v) is 10.8. The van der Waals surface area contributed by atoms with Crippen molar-refractivity contribution in [3.05, 3.63) is 53.3 Å². The van der Waals surface area contributed by atoms with Gasteiger partial charge in [-0.3, -0.25) is 0 Å². The average molecular weight is 262 g/mol. The summed E-state index contributed by atoms with van der Waals surface area (Å²) in [6.07, 6.45) is 0. The molecule has 2 rings (SSSR count). The summed E-state index contributed by atoms with van der Waals surface area (Å²) in [5, 5.41) is 9.55. The maximum atomic E-state index is 13.5. The number of ether oxygens (including phenoxy) is 2. The van der Waals surface area contributed by atoms with E-state index in [1.807, 2.05) is 0 Å². The summed E-state index contributed by atoms with van der Waals surface area (Å²) in [4.78, 5) is 0. The first-order valence-electron chi connectivity index (χ1n) is 5.85. The second-order valence-electron chi connectivity index (χ2n) is 4.16. The maximum absolute atomic E-state index is 13.5. The van der Waals surface area contributed by atoms with Gasteiger partial charge >= 0.3 is 0 Å². The van der Waals surface area contributed by atoms with Crippen LogP contribution in [0.3, 0.4) is 0 Å². The number of rotatable bonds is 4. The van der Waals surface area contributed by atoms with E-state index in [0.717, 1.165) is 0 Å². The Labute approximate surface area is 111 Å². The monoisotopic (exact) mass is 262 g/mol. The van der Waals surface area contributed by atoms with Gasteiger partial charge in [0.05, 0.1) is 7.11 Å². The summed E-state index contributed by atoms with van der Waals surface area (Å²) in [5.41, 5.74) is 1.36. The molecule has 4 heteroatoms. The van der Waals surface area contributed by atoms with Gasteiger partial charge in [-0.1, -0.05) is 12.1 Å². The SMILES string of the molecule is COc1ccc(COc2cccc(O)c2C)cc1F. The van der Waals surface area contributed by atoms with Crippen LogP contribution in [0.5, 0.6) is 17.2 Å². The fourth-order valence-electron chi connectivity index (χ4n) is 1.72. The molecule has 0 saturated carbocycles. The van der Waals surface area contributed by atoms with Gasteiger partial charge in [0.1, 0.15) is 18.1 Å². The summed E-state index contributed by atoms with van der Waals surface area (Å²) >= 11 is 0. The van der Waals surface area contributed by atoms with Crippen LogP contribution in [0.4, 0.5) is 4.39 Å². The number of phenols is 1. The molecule has 3 nitrogen and oxygen atoms in total. The molecular formula is C15H15FO3. The van der Waals surface area contributed by atoms with Crippen molar-refractivity contribution in [1.29, 1.82) is 0 Å². The van der Waals surface area contributed by atoms with Gasteiger partial charge in [0.25, 0.3) is 0 Å². The van der Waals surface area contributed by atoms with Gasteiger partial charge in [-0.05, 0) is 36.8 Å². The van der Waals surface area contributed by atoms with Crippen LogP contribution in [-0.2, 0) is 6.61 Å². The minimum atomic E-state index is -0.420. The second kappa shape index (κ2) is 5.61. The molecule has 0 radical (unpaired) electrons. The van der Waals surface area contributed by atoms with Crippen LogP contribution in [0.25, 0.3) is 0 Å². The Balaban J connectivity index is 2.10. The quantitative estimate of drug-likeness (QED) is 0.917. The lowest BCUT2D eigenvalue weighted by Crippen LogP contribution is -1.98. The Morgan fingerprint density at radius 1 is 1.16 bits per heavy atom. The Bertz CT molecular complexity index is 582. The van der Waals surface area contributed by atoms with Crippen LogP contribution in [0.2, 0.25) is 0 Å². The molecule has 0 spiro atoms. The van der Waals surface area contributed by atoms with Crippen LogP contribution in [0.15, 0.2) is 36.4 Å². The minimum Gasteiger partial charge on any atom is -0.508 e. The van der Waals surface area contributed by atoms with Crippen LogP contribution in [0, 0.1) is 12.7 Å². The van der Waals surface area contributed by atoms with Crippen molar-refractivity contribution in [2.75, 3.05) is 7.11 Å². The van der Waals surface area contributed by atoms with Crippen LogP contribution < -0.4 is 9.47 Å². The molecule has 2 aromatic carbocycles. The number of hydrogen-bond donors (Lipinski definition) is 1. The van der Waals surface area contributed by atoms with E-state index in [1.54, 1.807) is 37.3 Å². The van der Waals surface area contributed by atoms with Crippen molar-refractivity contribution in [1.82, 2.24) is 0 Å². The van der Waals surface area contributed by atoms with Crippen molar-refractivity contribution in [2.24, 2.45) is 0 Å². The fraction of sp³-hybridized carbons (Fsp3) is 0.200. The standard InChI is InChI=1S/C15H15FO3/c1-10-13(17)4-3-5-14(10)19-9-11-6-7-15(18-2)12(16)8-11/h3-8,17H,9H2,1-2H3. The highest BCUT2D eigenvalue weighted by Crippen LogP contribution is 2.27. The molecule has 0 unspecified atom stereocenters. The van der Waals surface area contributed by atoms with E-state index in [1.165, 1.54) is 13.2 Å². The van der Waals surface area contributed by atoms with Crippen LogP contribution in [-0.4, -0.2) is 12.2 Å². The molecule has 0 aliphatic carbocycles. The second-order valence-corrected chi connectivity index (χ2v) is 4.16. The summed E-state index contributed by atoms with van der Waals surface area (Å²) in [7, 11) is 1.42. The highest BCUT2D eigenvalue weighted by Gasteiger charge is 2.06. The summed E-state index contributed by atoms with van der Waals surface area (Å²) in [6, 6.07) is 9.72. The third-order valence-corrected chi connectivity index (χ3v) is 2.87. The molecule has 0 saturated heterocycles. The molecule has 0 aliphatic heterocycles. The van der Waals surface area contributed by atoms with E-state index in [0.29, 0.717) is 16.9 Å². The van der Waals surface area contributed by atoms with E-state index in [4.69, 9.17) is 9.47 Å². The Morgan fingerprint density at radius 2 is 1.95 bits per heavy atom. The van der Waals surface area contributed by atoms with E-state index in [-0.39, 0.29) is 18.1 Å². The molecule has 0 amide bonds. The van der Waals surface area contributed by atoms with Crippen molar-refractivity contribution < 1.29 is 19.0 Å². The molecule has 0 bridgehead atoms. The van der Waals surface area contributed by atoms with Gasteiger partial charge in [-0.25, -0.2) is 4.39 Å². The molecule has 2 aromatic rings. The third-order valence-electron chi connectivity index (χ3n) is 2.87. The molecule has 19 heavy (non-hydrogen) atoms. The highest BCUT2D eigenvalue weighted by molar-refractivity contribution is 5.42. The topological polar surface area (TPSA) is 38.7 Å². The number of aromatic hydroxyl groups is 1. The van der Waals surface area contributed by atoms with Gasteiger partial charge in [0.15, 0.2) is 11.6 Å². The molecule has 100 valence electrons. The smallest absolute Gasteiger partial charge is 0.165 e. The Morgan fingerprint density at radius 3 is 2.63 bits per heavy atom. The number of benzene rings is 2. The van der Waals surface area contributed by atoms with Gasteiger partial charge in [-0.15, -0.1) is 0 Å². The average Bonchev–Trinajstić information content (AvgIpc) is 2.40. The number of phenolic OH excluding ortho intramolecular Hbond substituents is 1. The molecular weight excluding hydrogens is 247 g/mol. The van der Waals surface area contributed by atoms with Gasteiger partial charge in [-0.2, -0.15) is 0 Å². The van der Waals surface area contributed by atoms with E-state index in [9.17, 15) is 9.50 Å². The zero-order valence-electron chi connectivity index (χ0n) is 10.8. The lowest BCUT2D eigenvalue weighted by Gasteiger charge is -2.10. The van der Waals surface area contributed by atoms with E-state index >= 15 is 0 Å². The minimum absolute atomic E-state index is 0.179. The van der Waals surface area contributed by atoms with E-state index < -0.39 is 5.82 Å². The predicted octanol–water partition coefficient (Wildman–Crippen LogP) is 3.43. The number of hydrogen-bond acceptors (Lipinski definition) is 3. The zero-order chi connectivity index (χ0) is 13.8. The summed E-state index contributed by atoms with van der Waals surface area (Å²) in [6.45, 7) is 1.99. The van der Waals surface area contributed by atoms with Crippen molar-refractivity contribution >= 4 is 0 Å². The van der Waals surface area contributed by atoms with Crippen molar-refractivity contribution in [2.45, 2.75) is 13.5 Å². The Hall–Kier alpha value is -2.23. The third kappa shape index (κ3) is 2.96. The fourth-order valence-corrected chi connectivity index (χ4v) is 1.72. The molecule has 0 heterocycles. The summed E-state index contributed by atoms with van der Waals surface area (Å²) in [5.74, 6) is 0.545. The molecule has 1 N–H and O–H groups in total. The first-order chi connectivity index (χ1) is 9.11. The molecule has 0 atom stereocenters. The molecule has 0 aromatic heterocycles. The van der Waals surface area contributed by atoms with Crippen LogP contribution >= 0.6 is 0 Å². The molecule has 0 fully saturated rings. The van der Waals surface area contributed by atoms with Crippen molar-refractivity contribution in [3.63, 3.8) is 0 Å². The Kier molecular flexibility index (Phi) is 3.90. The van der Waals surface area contributed by atoms with Gasteiger partial charge in [0.2, 0.25) is 0 Å². The first-order valence-corrected chi connectivity index (χ1v) is 5.85. The van der Waals surface area contributed by atoms with Crippen molar-refractivity contribution in [3.8, 4) is 17.2 Å².